The predicted octanol–water partition coefficient (Wildman–Crippen LogP) is 2.15. The molecule has 1 unspecified atom stereocenters. The lowest BCUT2D eigenvalue weighted by atomic mass is 9.98. The van der Waals surface area contributed by atoms with Crippen molar-refractivity contribution in [2.45, 2.75) is 31.5 Å². The Kier molecular flexibility index (Phi) is 5.21. The Hall–Kier alpha value is -0.880. The zero-order valence-corrected chi connectivity index (χ0v) is 12.5. The quantitative estimate of drug-likeness (QED) is 0.816. The Bertz CT molecular complexity index is 447. The fraction of sp³-hybridized carbons (Fsp3) is 0.643. The van der Waals surface area contributed by atoms with Crippen molar-refractivity contribution in [3.8, 4) is 5.75 Å². The molecule has 1 aliphatic rings. The van der Waals surface area contributed by atoms with Gasteiger partial charge in [0.2, 0.25) is 0 Å². The second-order valence-corrected chi connectivity index (χ2v) is 5.39. The minimum absolute atomic E-state index is 0.359. The highest BCUT2D eigenvalue weighted by Gasteiger charge is 2.38. The molecule has 1 aromatic heterocycles. The molecule has 2 atom stereocenters. The van der Waals surface area contributed by atoms with Crippen LogP contribution in [0.2, 0.25) is 5.15 Å². The van der Waals surface area contributed by atoms with Crippen molar-refractivity contribution in [3.05, 3.63) is 23.0 Å². The van der Waals surface area contributed by atoms with Gasteiger partial charge in [-0.2, -0.15) is 0 Å². The molecule has 112 valence electrons. The van der Waals surface area contributed by atoms with Crippen molar-refractivity contribution in [3.63, 3.8) is 0 Å². The van der Waals surface area contributed by atoms with Crippen molar-refractivity contribution in [2.24, 2.45) is 0 Å². The van der Waals surface area contributed by atoms with Crippen LogP contribution in [-0.4, -0.2) is 43.1 Å². The van der Waals surface area contributed by atoms with Gasteiger partial charge in [-0.15, -0.1) is 0 Å². The van der Waals surface area contributed by atoms with Gasteiger partial charge < -0.3 is 19.3 Å². The molecule has 0 aromatic carbocycles. The van der Waals surface area contributed by atoms with Crippen LogP contribution in [0.3, 0.4) is 0 Å². The number of rotatable bonds is 6. The second-order valence-electron chi connectivity index (χ2n) is 5.00. The number of halogens is 1. The minimum Gasteiger partial charge on any atom is -0.493 e. The largest absolute Gasteiger partial charge is 0.493 e. The number of pyridine rings is 1. The zero-order valence-electron chi connectivity index (χ0n) is 11.8. The fourth-order valence-electron chi connectivity index (χ4n) is 2.15. The molecule has 0 bridgehead atoms. The van der Waals surface area contributed by atoms with Crippen LogP contribution in [0.25, 0.3) is 0 Å². The van der Waals surface area contributed by atoms with Crippen molar-refractivity contribution in [1.82, 2.24) is 4.98 Å². The molecule has 20 heavy (non-hydrogen) atoms. The molecule has 0 spiro atoms. The summed E-state index contributed by atoms with van der Waals surface area (Å²) in [6.07, 6.45) is 0.915. The van der Waals surface area contributed by atoms with E-state index in [1.54, 1.807) is 20.1 Å². The van der Waals surface area contributed by atoms with Crippen molar-refractivity contribution >= 4 is 11.6 Å². The Morgan fingerprint density at radius 3 is 2.95 bits per heavy atom. The van der Waals surface area contributed by atoms with E-state index in [1.165, 1.54) is 0 Å². The maximum atomic E-state index is 9.24. The number of aliphatic hydroxyl groups is 1. The van der Waals surface area contributed by atoms with Gasteiger partial charge in [-0.25, -0.2) is 4.98 Å². The molecule has 1 fully saturated rings. The van der Waals surface area contributed by atoms with Gasteiger partial charge in [0.05, 0.1) is 25.0 Å². The summed E-state index contributed by atoms with van der Waals surface area (Å²) in [6.45, 7) is 3.25. The summed E-state index contributed by atoms with van der Waals surface area (Å²) in [4.78, 5) is 4.33. The van der Waals surface area contributed by atoms with Gasteiger partial charge in [-0.1, -0.05) is 11.6 Å². The molecule has 2 rings (SSSR count). The summed E-state index contributed by atoms with van der Waals surface area (Å²) in [5.41, 5.74) is 0.171. The van der Waals surface area contributed by atoms with E-state index in [4.69, 9.17) is 25.8 Å². The third kappa shape index (κ3) is 3.61. The zero-order chi connectivity index (χ0) is 14.6. The normalized spacial score (nSPS) is 23.8. The lowest BCUT2D eigenvalue weighted by Gasteiger charge is -2.25. The first kappa shape index (κ1) is 15.5. The van der Waals surface area contributed by atoms with Gasteiger partial charge in [0, 0.05) is 38.7 Å². The van der Waals surface area contributed by atoms with E-state index in [9.17, 15) is 5.11 Å². The van der Waals surface area contributed by atoms with E-state index in [2.05, 4.69) is 4.98 Å². The topological polar surface area (TPSA) is 60.8 Å². The number of methoxy groups -OCH3 is 1. The highest BCUT2D eigenvalue weighted by atomic mass is 35.5. The van der Waals surface area contributed by atoms with Crippen molar-refractivity contribution in [2.75, 3.05) is 26.9 Å². The third-order valence-corrected chi connectivity index (χ3v) is 3.61. The Balaban J connectivity index is 2.15. The molecular formula is C14H20ClNO4. The molecule has 6 heteroatoms. The standard InChI is InChI=1S/C14H20ClNO4/c1-10(17)3-5-20-11-7-12(16-13(15)8-11)14(18-2)4-6-19-9-14/h7-8,10,17H,3-6,9H2,1-2H3/t10?,14-/m0/s1. The number of ether oxygens (including phenoxy) is 3. The molecule has 1 aliphatic heterocycles. The predicted molar refractivity (Wildman–Crippen MR) is 75.2 cm³/mol. The number of hydrogen-bond acceptors (Lipinski definition) is 5. The Morgan fingerprint density at radius 1 is 1.55 bits per heavy atom. The summed E-state index contributed by atoms with van der Waals surface area (Å²) in [6, 6.07) is 3.48. The fourth-order valence-corrected chi connectivity index (χ4v) is 2.35. The van der Waals surface area contributed by atoms with Crippen LogP contribution in [0, 0.1) is 0 Å². The lowest BCUT2D eigenvalue weighted by molar-refractivity contribution is -0.0247. The third-order valence-electron chi connectivity index (χ3n) is 3.41. The molecule has 1 saturated heterocycles. The van der Waals surface area contributed by atoms with E-state index in [1.807, 2.05) is 6.07 Å². The van der Waals surface area contributed by atoms with Gasteiger partial charge in [-0.3, -0.25) is 0 Å². The molecule has 0 aliphatic carbocycles. The molecule has 0 amide bonds. The average Bonchev–Trinajstić information content (AvgIpc) is 2.87. The van der Waals surface area contributed by atoms with E-state index in [-0.39, 0.29) is 6.10 Å². The van der Waals surface area contributed by atoms with E-state index < -0.39 is 5.60 Å². The van der Waals surface area contributed by atoms with Crippen LogP contribution >= 0.6 is 11.6 Å². The molecule has 0 saturated carbocycles. The van der Waals surface area contributed by atoms with E-state index in [0.717, 1.165) is 12.1 Å². The van der Waals surface area contributed by atoms with Crippen LogP contribution in [0.4, 0.5) is 0 Å². The van der Waals surface area contributed by atoms with Gasteiger partial charge in [-0.05, 0) is 6.92 Å². The molecule has 2 heterocycles. The lowest BCUT2D eigenvalue weighted by Crippen LogP contribution is -2.30. The molecule has 1 N–H and O–H groups in total. The highest BCUT2D eigenvalue weighted by Crippen LogP contribution is 2.35. The van der Waals surface area contributed by atoms with Gasteiger partial charge >= 0.3 is 0 Å². The molecule has 5 nitrogen and oxygen atoms in total. The maximum Gasteiger partial charge on any atom is 0.135 e. The van der Waals surface area contributed by atoms with Gasteiger partial charge in [0.25, 0.3) is 0 Å². The number of nitrogens with zero attached hydrogens (tertiary/aromatic N) is 1. The Labute approximate surface area is 123 Å². The number of aliphatic hydroxyl groups excluding tert-OH is 1. The van der Waals surface area contributed by atoms with Crippen molar-refractivity contribution < 1.29 is 19.3 Å². The van der Waals surface area contributed by atoms with Crippen molar-refractivity contribution in [1.29, 1.82) is 0 Å². The average molecular weight is 302 g/mol. The maximum absolute atomic E-state index is 9.24. The Morgan fingerprint density at radius 2 is 2.35 bits per heavy atom. The summed E-state index contributed by atoms with van der Waals surface area (Å²) in [7, 11) is 1.64. The number of hydrogen-bond donors (Lipinski definition) is 1. The molecular weight excluding hydrogens is 282 g/mol. The number of aromatic nitrogens is 1. The smallest absolute Gasteiger partial charge is 0.135 e. The summed E-state index contributed by atoms with van der Waals surface area (Å²) in [5.74, 6) is 0.629. The molecule has 1 aromatic rings. The molecule has 0 radical (unpaired) electrons. The van der Waals surface area contributed by atoms with E-state index >= 15 is 0 Å². The minimum atomic E-state index is -0.548. The van der Waals surface area contributed by atoms with E-state index in [0.29, 0.717) is 37.1 Å². The van der Waals surface area contributed by atoms with Gasteiger partial charge in [0.15, 0.2) is 0 Å². The first-order valence-corrected chi connectivity index (χ1v) is 7.05. The first-order chi connectivity index (χ1) is 9.55. The van der Waals surface area contributed by atoms with Crippen LogP contribution in [0.15, 0.2) is 12.1 Å². The highest BCUT2D eigenvalue weighted by molar-refractivity contribution is 6.29. The second kappa shape index (κ2) is 6.72. The SMILES string of the molecule is CO[C@@]1(c2cc(OCCC(C)O)cc(Cl)n2)CCOC1. The van der Waals surface area contributed by atoms with Crippen LogP contribution in [0.5, 0.6) is 5.75 Å². The summed E-state index contributed by atoms with van der Waals surface area (Å²) < 4.78 is 16.6. The van der Waals surface area contributed by atoms with Gasteiger partial charge in [0.1, 0.15) is 16.5 Å². The monoisotopic (exact) mass is 301 g/mol. The summed E-state index contributed by atoms with van der Waals surface area (Å²) in [5, 5.41) is 9.60. The summed E-state index contributed by atoms with van der Waals surface area (Å²) >= 11 is 6.05. The first-order valence-electron chi connectivity index (χ1n) is 6.67. The van der Waals surface area contributed by atoms with Crippen LogP contribution in [0.1, 0.15) is 25.5 Å². The van der Waals surface area contributed by atoms with Crippen LogP contribution in [-0.2, 0) is 15.1 Å². The van der Waals surface area contributed by atoms with Crippen LogP contribution < -0.4 is 4.74 Å².